The fraction of sp³-hybridized carbons (Fsp3) is 0.429. The Morgan fingerprint density at radius 1 is 1.25 bits per heavy atom. The van der Waals surface area contributed by atoms with Crippen LogP contribution in [0.1, 0.15) is 33.3 Å². The molecule has 0 atom stereocenters. The summed E-state index contributed by atoms with van der Waals surface area (Å²) in [7, 11) is -1.08. The normalized spacial score (nSPS) is 21.3. The molecule has 0 spiro atoms. The van der Waals surface area contributed by atoms with Gasteiger partial charge >= 0.3 is 7.12 Å². The van der Waals surface area contributed by atoms with Crippen LogP contribution >= 0.6 is 11.6 Å². The third-order valence-electron chi connectivity index (χ3n) is 3.76. The standard InChI is InChI=1S/C14H17BClFO3/c1-13(2)14(3,4)20-15(19-13)12(17)8-9-7-10(16)5-6-11(9)18/h5-8,18H,1-4H3. The van der Waals surface area contributed by atoms with Crippen LogP contribution in [0.25, 0.3) is 6.08 Å². The fourth-order valence-corrected chi connectivity index (χ4v) is 1.99. The van der Waals surface area contributed by atoms with Crippen LogP contribution in [0, 0.1) is 0 Å². The SMILES string of the molecule is CC1(C)OB(C(F)=Cc2cc(Cl)ccc2O)OC1(C)C. The maximum Gasteiger partial charge on any atom is 0.525 e. The van der Waals surface area contributed by atoms with E-state index in [9.17, 15) is 9.50 Å². The van der Waals surface area contributed by atoms with Crippen molar-refractivity contribution in [2.45, 2.75) is 38.9 Å². The van der Waals surface area contributed by atoms with E-state index >= 15 is 0 Å². The minimum absolute atomic E-state index is 0.0546. The highest BCUT2D eigenvalue weighted by molar-refractivity contribution is 6.54. The lowest BCUT2D eigenvalue weighted by Gasteiger charge is -2.32. The lowest BCUT2D eigenvalue weighted by Crippen LogP contribution is -2.41. The molecule has 1 aromatic rings. The summed E-state index contributed by atoms with van der Waals surface area (Å²) in [5, 5.41) is 10.1. The van der Waals surface area contributed by atoms with Crippen LogP contribution in [-0.2, 0) is 9.31 Å². The molecule has 0 aromatic heterocycles. The van der Waals surface area contributed by atoms with Crippen LogP contribution < -0.4 is 0 Å². The Kier molecular flexibility index (Phi) is 3.89. The fourth-order valence-electron chi connectivity index (χ4n) is 1.81. The molecule has 3 nitrogen and oxygen atoms in total. The number of hydrogen-bond donors (Lipinski definition) is 1. The van der Waals surface area contributed by atoms with Crippen molar-refractivity contribution in [3.8, 4) is 5.75 Å². The van der Waals surface area contributed by atoms with Gasteiger partial charge in [-0.1, -0.05) is 11.6 Å². The number of phenols is 1. The first kappa shape index (κ1) is 15.4. The Morgan fingerprint density at radius 3 is 2.35 bits per heavy atom. The largest absolute Gasteiger partial charge is 0.525 e. The predicted molar refractivity (Wildman–Crippen MR) is 78.3 cm³/mol. The summed E-state index contributed by atoms with van der Waals surface area (Å²) in [5.74, 6) is -0.0546. The number of phenolic OH excluding ortho intramolecular Hbond substituents is 1. The maximum absolute atomic E-state index is 14.2. The van der Waals surface area contributed by atoms with Gasteiger partial charge in [0.1, 0.15) is 11.5 Å². The Labute approximate surface area is 123 Å². The summed E-state index contributed by atoms with van der Waals surface area (Å²) in [4.78, 5) is 0. The zero-order valence-electron chi connectivity index (χ0n) is 11.9. The molecular formula is C14H17BClFO3. The van der Waals surface area contributed by atoms with Crippen molar-refractivity contribution in [2.24, 2.45) is 0 Å². The first-order valence-electron chi connectivity index (χ1n) is 6.34. The molecule has 1 aliphatic rings. The van der Waals surface area contributed by atoms with Gasteiger partial charge in [-0.2, -0.15) is 0 Å². The van der Waals surface area contributed by atoms with Gasteiger partial charge in [-0.05, 0) is 52.0 Å². The van der Waals surface area contributed by atoms with Crippen LogP contribution in [-0.4, -0.2) is 23.4 Å². The van der Waals surface area contributed by atoms with E-state index in [-0.39, 0.29) is 11.3 Å². The molecule has 1 aromatic carbocycles. The Hall–Kier alpha value is -1.04. The topological polar surface area (TPSA) is 38.7 Å². The third-order valence-corrected chi connectivity index (χ3v) is 4.00. The zero-order valence-corrected chi connectivity index (χ0v) is 12.7. The van der Waals surface area contributed by atoms with E-state index in [4.69, 9.17) is 20.9 Å². The van der Waals surface area contributed by atoms with E-state index in [1.54, 1.807) is 0 Å². The number of aromatic hydroxyl groups is 1. The first-order valence-corrected chi connectivity index (χ1v) is 6.71. The molecule has 0 amide bonds. The van der Waals surface area contributed by atoms with E-state index in [0.717, 1.165) is 0 Å². The van der Waals surface area contributed by atoms with Gasteiger partial charge in [0, 0.05) is 10.6 Å². The molecule has 1 fully saturated rings. The highest BCUT2D eigenvalue weighted by atomic mass is 35.5. The minimum atomic E-state index is -1.08. The monoisotopic (exact) mass is 298 g/mol. The average molecular weight is 299 g/mol. The third kappa shape index (κ3) is 2.85. The average Bonchev–Trinajstić information content (AvgIpc) is 2.53. The van der Waals surface area contributed by atoms with E-state index in [0.29, 0.717) is 5.02 Å². The van der Waals surface area contributed by atoms with Crippen molar-refractivity contribution in [3.05, 3.63) is 34.5 Å². The maximum atomic E-state index is 14.2. The Bertz CT molecular complexity index is 541. The second kappa shape index (κ2) is 5.06. The van der Waals surface area contributed by atoms with Gasteiger partial charge in [0.05, 0.1) is 11.2 Å². The van der Waals surface area contributed by atoms with Gasteiger partial charge < -0.3 is 14.4 Å². The molecule has 0 unspecified atom stereocenters. The second-order valence-corrected chi connectivity index (χ2v) is 6.26. The van der Waals surface area contributed by atoms with Crippen molar-refractivity contribution in [1.82, 2.24) is 0 Å². The minimum Gasteiger partial charge on any atom is -0.507 e. The molecule has 0 aliphatic carbocycles. The molecule has 0 radical (unpaired) electrons. The predicted octanol–water partition coefficient (Wildman–Crippen LogP) is 3.99. The van der Waals surface area contributed by atoms with Crippen LogP contribution in [0.2, 0.25) is 5.02 Å². The number of halogens is 2. The summed E-state index contributed by atoms with van der Waals surface area (Å²) < 4.78 is 25.4. The molecule has 0 saturated carbocycles. The van der Waals surface area contributed by atoms with E-state index in [1.165, 1.54) is 24.3 Å². The van der Waals surface area contributed by atoms with Gasteiger partial charge in [0.2, 0.25) is 0 Å². The number of rotatable bonds is 2. The second-order valence-electron chi connectivity index (χ2n) is 5.82. The summed E-state index contributed by atoms with van der Waals surface area (Å²) in [6.45, 7) is 7.38. The summed E-state index contributed by atoms with van der Waals surface area (Å²) in [6, 6.07) is 4.41. The molecule has 0 bridgehead atoms. The van der Waals surface area contributed by atoms with Crippen molar-refractivity contribution in [3.63, 3.8) is 0 Å². The summed E-state index contributed by atoms with van der Waals surface area (Å²) in [5.41, 5.74) is -1.55. The molecule has 1 N–H and O–H groups in total. The van der Waals surface area contributed by atoms with Crippen molar-refractivity contribution >= 4 is 24.8 Å². The highest BCUT2D eigenvalue weighted by Gasteiger charge is 2.53. The molecule has 1 heterocycles. The number of benzene rings is 1. The molecular weight excluding hydrogens is 281 g/mol. The van der Waals surface area contributed by atoms with Gasteiger partial charge in [0.25, 0.3) is 0 Å². The molecule has 108 valence electrons. The number of hydrogen-bond acceptors (Lipinski definition) is 3. The van der Waals surface area contributed by atoms with E-state index in [1.807, 2.05) is 27.7 Å². The smallest absolute Gasteiger partial charge is 0.507 e. The van der Waals surface area contributed by atoms with E-state index in [2.05, 4.69) is 0 Å². The Balaban J connectivity index is 2.27. The zero-order chi connectivity index (χ0) is 15.1. The van der Waals surface area contributed by atoms with Crippen molar-refractivity contribution < 1.29 is 18.8 Å². The van der Waals surface area contributed by atoms with Crippen LogP contribution in [0.5, 0.6) is 5.75 Å². The molecule has 1 saturated heterocycles. The Morgan fingerprint density at radius 2 is 1.80 bits per heavy atom. The quantitative estimate of drug-likeness (QED) is 0.839. The molecule has 2 rings (SSSR count). The highest BCUT2D eigenvalue weighted by Crippen LogP contribution is 2.39. The van der Waals surface area contributed by atoms with Gasteiger partial charge in [-0.3, -0.25) is 0 Å². The van der Waals surface area contributed by atoms with Crippen LogP contribution in [0.15, 0.2) is 23.9 Å². The van der Waals surface area contributed by atoms with E-state index < -0.39 is 24.0 Å². The van der Waals surface area contributed by atoms with Crippen LogP contribution in [0.4, 0.5) is 4.39 Å². The summed E-state index contributed by atoms with van der Waals surface area (Å²) >= 11 is 5.83. The molecule has 1 aliphatic heterocycles. The van der Waals surface area contributed by atoms with Gasteiger partial charge in [0.15, 0.2) is 0 Å². The summed E-state index contributed by atoms with van der Waals surface area (Å²) in [6.07, 6.45) is 1.17. The van der Waals surface area contributed by atoms with Crippen LogP contribution in [0.3, 0.4) is 0 Å². The van der Waals surface area contributed by atoms with Gasteiger partial charge in [-0.25, -0.2) is 4.39 Å². The lowest BCUT2D eigenvalue weighted by atomic mass is 9.86. The van der Waals surface area contributed by atoms with Gasteiger partial charge in [-0.15, -0.1) is 0 Å². The molecule has 6 heteroatoms. The van der Waals surface area contributed by atoms with Crippen molar-refractivity contribution in [2.75, 3.05) is 0 Å². The van der Waals surface area contributed by atoms with Crippen molar-refractivity contribution in [1.29, 1.82) is 0 Å². The molecule has 20 heavy (non-hydrogen) atoms. The lowest BCUT2D eigenvalue weighted by molar-refractivity contribution is 0.00578. The first-order chi connectivity index (χ1) is 9.12.